The first-order valence-electron chi connectivity index (χ1n) is 14.0. The van der Waals surface area contributed by atoms with E-state index in [1.807, 2.05) is 36.0 Å². The van der Waals surface area contributed by atoms with Crippen LogP contribution in [-0.2, 0) is 11.5 Å². The van der Waals surface area contributed by atoms with Crippen LogP contribution in [0.25, 0.3) is 77.3 Å². The Hall–Kier alpha value is -4.73. The average molecular weight is 545 g/mol. The summed E-state index contributed by atoms with van der Waals surface area (Å²) in [4.78, 5) is 0. The molecule has 9 rings (SSSR count). The molecule has 0 aliphatic carbocycles. The van der Waals surface area contributed by atoms with Crippen molar-refractivity contribution in [2.24, 2.45) is 0 Å². The second-order valence-corrected chi connectivity index (χ2v) is 11.8. The molecule has 1 aliphatic heterocycles. The normalized spacial score (nSPS) is 13.1. The van der Waals surface area contributed by atoms with Crippen LogP contribution < -0.4 is 0 Å². The minimum absolute atomic E-state index is 0.927. The maximum absolute atomic E-state index is 6.40. The van der Waals surface area contributed by atoms with Crippen molar-refractivity contribution in [1.29, 1.82) is 0 Å². The highest BCUT2D eigenvalue weighted by molar-refractivity contribution is 7.97. The second-order valence-electron chi connectivity index (χ2n) is 10.8. The molecule has 0 spiro atoms. The van der Waals surface area contributed by atoms with E-state index in [1.54, 1.807) is 0 Å². The number of furan rings is 2. The van der Waals surface area contributed by atoms with Crippen molar-refractivity contribution >= 4 is 55.6 Å². The van der Waals surface area contributed by atoms with Crippen molar-refractivity contribution < 1.29 is 8.83 Å². The molecule has 2 aromatic heterocycles. The fourth-order valence-corrected chi connectivity index (χ4v) is 7.51. The standard InChI is InChI=1S/C38H24O2S/c1-3-13-35-29(7-1)31-11-5-9-27(37(31)39-35)23-15-17-25-21-41-22-26-18-16-24(20-34(26)33(25)19-23)28-10-6-12-32-30-8-2-4-14-36(30)40-38(28)32/h1-20H,21-22H2. The molecule has 3 heteroatoms. The first-order chi connectivity index (χ1) is 20.3. The smallest absolute Gasteiger partial charge is 0.143 e. The van der Waals surface area contributed by atoms with Gasteiger partial charge < -0.3 is 8.83 Å². The van der Waals surface area contributed by atoms with Gasteiger partial charge in [0, 0.05) is 44.2 Å². The highest BCUT2D eigenvalue weighted by atomic mass is 32.2. The zero-order chi connectivity index (χ0) is 26.9. The van der Waals surface area contributed by atoms with E-state index in [0.29, 0.717) is 0 Å². The summed E-state index contributed by atoms with van der Waals surface area (Å²) in [6.07, 6.45) is 0. The number of benzene rings is 6. The Bertz CT molecular complexity index is 2140. The van der Waals surface area contributed by atoms with Gasteiger partial charge in [-0.25, -0.2) is 0 Å². The largest absolute Gasteiger partial charge is 0.455 e. The molecule has 0 fully saturated rings. The lowest BCUT2D eigenvalue weighted by molar-refractivity contribution is 0.669. The summed E-state index contributed by atoms with van der Waals surface area (Å²) in [5, 5.41) is 4.63. The molecule has 0 saturated heterocycles. The Kier molecular flexibility index (Phi) is 4.99. The van der Waals surface area contributed by atoms with Crippen molar-refractivity contribution in [2.45, 2.75) is 11.5 Å². The molecule has 6 aromatic carbocycles. The van der Waals surface area contributed by atoms with Gasteiger partial charge in [0.2, 0.25) is 0 Å². The van der Waals surface area contributed by atoms with Crippen molar-refractivity contribution in [2.75, 3.05) is 0 Å². The van der Waals surface area contributed by atoms with Crippen LogP contribution in [-0.4, -0.2) is 0 Å². The molecule has 3 heterocycles. The van der Waals surface area contributed by atoms with Crippen molar-refractivity contribution in [3.05, 3.63) is 132 Å². The predicted octanol–water partition coefficient (Wildman–Crippen LogP) is 11.2. The topological polar surface area (TPSA) is 26.3 Å². The maximum Gasteiger partial charge on any atom is 0.143 e. The lowest BCUT2D eigenvalue weighted by Gasteiger charge is -2.14. The van der Waals surface area contributed by atoms with Gasteiger partial charge in [-0.1, -0.05) is 97.1 Å². The SMILES string of the molecule is c1ccc2c(c1)oc1c(-c3ccc4c(c3)-c3cc(-c5cccc6c5oc5ccccc56)ccc3CSC4)cccc12. The summed E-state index contributed by atoms with van der Waals surface area (Å²) in [5.74, 6) is 1.99. The van der Waals surface area contributed by atoms with Crippen LogP contribution >= 0.6 is 11.8 Å². The first-order valence-corrected chi connectivity index (χ1v) is 15.1. The van der Waals surface area contributed by atoms with Gasteiger partial charge in [-0.2, -0.15) is 11.8 Å². The number of rotatable bonds is 2. The molecule has 41 heavy (non-hydrogen) atoms. The summed E-state index contributed by atoms with van der Waals surface area (Å²) in [6, 6.07) is 43.4. The van der Waals surface area contributed by atoms with E-state index in [-0.39, 0.29) is 0 Å². The minimum atomic E-state index is 0.927. The molecule has 0 bridgehead atoms. The van der Waals surface area contributed by atoms with Crippen LogP contribution in [0, 0.1) is 0 Å². The molecule has 0 N–H and O–H groups in total. The van der Waals surface area contributed by atoms with Crippen molar-refractivity contribution in [1.82, 2.24) is 0 Å². The van der Waals surface area contributed by atoms with Gasteiger partial charge in [0.05, 0.1) is 0 Å². The fourth-order valence-electron chi connectivity index (χ4n) is 6.46. The molecule has 0 unspecified atom stereocenters. The van der Waals surface area contributed by atoms with Crippen LogP contribution in [0.15, 0.2) is 130 Å². The minimum Gasteiger partial charge on any atom is -0.455 e. The quantitative estimate of drug-likeness (QED) is 0.216. The number of thioether (sulfide) groups is 1. The average Bonchev–Trinajstić information content (AvgIpc) is 3.54. The van der Waals surface area contributed by atoms with Crippen LogP contribution in [0.1, 0.15) is 11.1 Å². The Labute approximate surface area is 241 Å². The lowest BCUT2D eigenvalue weighted by Crippen LogP contribution is -1.91. The van der Waals surface area contributed by atoms with E-state index in [9.17, 15) is 0 Å². The molecule has 0 radical (unpaired) electrons. The number of para-hydroxylation sites is 4. The zero-order valence-corrected chi connectivity index (χ0v) is 23.0. The third kappa shape index (κ3) is 3.52. The van der Waals surface area contributed by atoms with Crippen molar-refractivity contribution in [3.8, 4) is 33.4 Å². The van der Waals surface area contributed by atoms with Gasteiger partial charge >= 0.3 is 0 Å². The molecule has 1 aliphatic rings. The van der Waals surface area contributed by atoms with Gasteiger partial charge in [0.25, 0.3) is 0 Å². The molecular weight excluding hydrogens is 520 g/mol. The summed E-state index contributed by atoms with van der Waals surface area (Å²) < 4.78 is 12.8. The molecule has 0 atom stereocenters. The van der Waals surface area contributed by atoms with E-state index in [2.05, 4.69) is 97.1 Å². The Morgan fingerprint density at radius 1 is 0.415 bits per heavy atom. The van der Waals surface area contributed by atoms with Crippen LogP contribution in [0.2, 0.25) is 0 Å². The van der Waals surface area contributed by atoms with Gasteiger partial charge in [-0.15, -0.1) is 0 Å². The Morgan fingerprint density at radius 3 is 1.39 bits per heavy atom. The highest BCUT2D eigenvalue weighted by Crippen LogP contribution is 2.43. The molecule has 0 amide bonds. The molecule has 194 valence electrons. The Balaban J connectivity index is 1.24. The van der Waals surface area contributed by atoms with E-state index >= 15 is 0 Å². The molecule has 8 aromatic rings. The first kappa shape index (κ1) is 23.0. The van der Waals surface area contributed by atoms with E-state index in [0.717, 1.165) is 66.5 Å². The third-order valence-electron chi connectivity index (χ3n) is 8.46. The van der Waals surface area contributed by atoms with Crippen LogP contribution in [0.4, 0.5) is 0 Å². The maximum atomic E-state index is 6.40. The number of fused-ring (bicyclic) bond motifs is 9. The summed E-state index contributed by atoms with van der Waals surface area (Å²) >= 11 is 1.98. The summed E-state index contributed by atoms with van der Waals surface area (Å²) in [6.45, 7) is 0. The predicted molar refractivity (Wildman–Crippen MR) is 172 cm³/mol. The fraction of sp³-hybridized carbons (Fsp3) is 0.0526. The van der Waals surface area contributed by atoms with Gasteiger partial charge in [0.15, 0.2) is 0 Å². The van der Waals surface area contributed by atoms with E-state index in [1.165, 1.54) is 33.4 Å². The number of hydrogen-bond donors (Lipinski definition) is 0. The zero-order valence-electron chi connectivity index (χ0n) is 22.2. The lowest BCUT2D eigenvalue weighted by atomic mass is 9.90. The molecule has 0 saturated carbocycles. The van der Waals surface area contributed by atoms with E-state index in [4.69, 9.17) is 8.83 Å². The third-order valence-corrected chi connectivity index (χ3v) is 9.49. The van der Waals surface area contributed by atoms with Crippen LogP contribution in [0.5, 0.6) is 0 Å². The molecule has 2 nitrogen and oxygen atoms in total. The summed E-state index contributed by atoms with van der Waals surface area (Å²) in [7, 11) is 0. The van der Waals surface area contributed by atoms with E-state index < -0.39 is 0 Å². The van der Waals surface area contributed by atoms with Crippen molar-refractivity contribution in [3.63, 3.8) is 0 Å². The summed E-state index contributed by atoms with van der Waals surface area (Å²) in [5.41, 5.74) is 13.7. The van der Waals surface area contributed by atoms with Gasteiger partial charge in [0.1, 0.15) is 22.3 Å². The van der Waals surface area contributed by atoms with Gasteiger partial charge in [-0.05, 0) is 57.6 Å². The van der Waals surface area contributed by atoms with Crippen LogP contribution in [0.3, 0.4) is 0 Å². The number of hydrogen-bond acceptors (Lipinski definition) is 3. The second kappa shape index (κ2) is 8.89. The Morgan fingerprint density at radius 2 is 0.878 bits per heavy atom. The van der Waals surface area contributed by atoms with Gasteiger partial charge in [-0.3, -0.25) is 0 Å². The monoisotopic (exact) mass is 544 g/mol. The highest BCUT2D eigenvalue weighted by Gasteiger charge is 2.20. The molecular formula is C38H24O2S.